The highest BCUT2D eigenvalue weighted by Gasteiger charge is 2.18. The van der Waals surface area contributed by atoms with Crippen molar-refractivity contribution < 1.29 is 14.6 Å². The van der Waals surface area contributed by atoms with Crippen molar-refractivity contribution in [2.75, 3.05) is 6.54 Å². The lowest BCUT2D eigenvalue weighted by Gasteiger charge is -2.15. The number of benzene rings is 2. The molecule has 0 saturated carbocycles. The Morgan fingerprint density at radius 1 is 1.28 bits per heavy atom. The van der Waals surface area contributed by atoms with Crippen molar-refractivity contribution in [3.63, 3.8) is 0 Å². The number of ether oxygens (including phenoxy) is 1. The largest absolute Gasteiger partial charge is 0.478 e. The van der Waals surface area contributed by atoms with E-state index in [1.807, 2.05) is 24.3 Å². The number of carbonyl (C=O) groups is 1. The second-order valence-corrected chi connectivity index (χ2v) is 4.18. The first-order chi connectivity index (χ1) is 8.63. The van der Waals surface area contributed by atoms with Crippen molar-refractivity contribution in [1.29, 1.82) is 0 Å². The molecule has 0 saturated heterocycles. The summed E-state index contributed by atoms with van der Waals surface area (Å²) in [5, 5.41) is 11.1. The van der Waals surface area contributed by atoms with Gasteiger partial charge in [0.05, 0.1) is 0 Å². The molecule has 1 atom stereocenters. The molecule has 0 bridgehead atoms. The molecule has 0 aliphatic rings. The van der Waals surface area contributed by atoms with E-state index in [2.05, 4.69) is 0 Å². The molecule has 0 aliphatic carbocycles. The van der Waals surface area contributed by atoms with Crippen LogP contribution in [0.4, 0.5) is 0 Å². The first-order valence-corrected chi connectivity index (χ1v) is 5.78. The maximum atomic E-state index is 10.9. The minimum absolute atomic E-state index is 0.0910. The molecule has 0 fully saturated rings. The highest BCUT2D eigenvalue weighted by molar-refractivity contribution is 6.35. The van der Waals surface area contributed by atoms with Gasteiger partial charge in [0.2, 0.25) is 6.10 Å². The highest BCUT2D eigenvalue weighted by atomic mass is 35.5. The number of fused-ring (bicyclic) bond motifs is 1. The summed E-state index contributed by atoms with van der Waals surface area (Å²) >= 11 is 6.07. The van der Waals surface area contributed by atoms with E-state index in [9.17, 15) is 4.79 Å². The van der Waals surface area contributed by atoms with Crippen LogP contribution in [0, 0.1) is 0 Å². The second kappa shape index (κ2) is 5.25. The van der Waals surface area contributed by atoms with Crippen LogP contribution in [0.25, 0.3) is 10.8 Å². The Labute approximate surface area is 109 Å². The first-order valence-electron chi connectivity index (χ1n) is 5.40. The Kier molecular flexibility index (Phi) is 3.69. The zero-order chi connectivity index (χ0) is 13.1. The molecule has 94 valence electrons. The fourth-order valence-electron chi connectivity index (χ4n) is 1.69. The van der Waals surface area contributed by atoms with Crippen LogP contribution >= 0.6 is 11.6 Å². The van der Waals surface area contributed by atoms with E-state index < -0.39 is 12.1 Å². The first kappa shape index (κ1) is 12.7. The number of carboxylic acids is 1. The summed E-state index contributed by atoms with van der Waals surface area (Å²) in [4.78, 5) is 10.9. The zero-order valence-electron chi connectivity index (χ0n) is 9.47. The summed E-state index contributed by atoms with van der Waals surface area (Å²) in [6.07, 6.45) is -1.06. The SMILES string of the molecule is NCC(Oc1ccc(Cl)c2ccccc12)C(=O)O. The standard InChI is InChI=1S/C13H12ClNO3/c14-10-5-6-11(18-12(7-15)13(16)17)9-4-2-1-3-8(9)10/h1-6,12H,7,15H2,(H,16,17). The third-order valence-corrected chi connectivity index (χ3v) is 2.92. The van der Waals surface area contributed by atoms with Crippen LogP contribution in [0.3, 0.4) is 0 Å². The van der Waals surface area contributed by atoms with Crippen LogP contribution < -0.4 is 10.5 Å². The van der Waals surface area contributed by atoms with Crippen LogP contribution in [-0.4, -0.2) is 23.7 Å². The van der Waals surface area contributed by atoms with E-state index in [1.54, 1.807) is 12.1 Å². The number of rotatable bonds is 4. The zero-order valence-corrected chi connectivity index (χ0v) is 10.2. The highest BCUT2D eigenvalue weighted by Crippen LogP contribution is 2.31. The number of hydrogen-bond acceptors (Lipinski definition) is 3. The quantitative estimate of drug-likeness (QED) is 0.890. The molecular formula is C13H12ClNO3. The molecule has 5 heteroatoms. The molecule has 1 unspecified atom stereocenters. The molecule has 4 nitrogen and oxygen atoms in total. The van der Waals surface area contributed by atoms with Gasteiger partial charge >= 0.3 is 5.97 Å². The molecule has 0 amide bonds. The van der Waals surface area contributed by atoms with Crippen molar-refractivity contribution in [3.05, 3.63) is 41.4 Å². The molecule has 3 N–H and O–H groups in total. The third kappa shape index (κ3) is 2.39. The molecule has 0 aromatic heterocycles. The van der Waals surface area contributed by atoms with Gasteiger partial charge in [-0.15, -0.1) is 0 Å². The Bertz CT molecular complexity index is 585. The van der Waals surface area contributed by atoms with Crippen LogP contribution in [0.1, 0.15) is 0 Å². The summed E-state index contributed by atoms with van der Waals surface area (Å²) in [5.41, 5.74) is 5.36. The maximum absolute atomic E-state index is 10.9. The van der Waals surface area contributed by atoms with Crippen LogP contribution in [0.2, 0.25) is 5.02 Å². The number of carboxylic acid groups (broad SMARTS) is 1. The summed E-state index contributed by atoms with van der Waals surface area (Å²) in [6.45, 7) is -0.0910. The fourth-order valence-corrected chi connectivity index (χ4v) is 1.92. The van der Waals surface area contributed by atoms with Crippen LogP contribution in [-0.2, 0) is 4.79 Å². The molecule has 0 spiro atoms. The average molecular weight is 266 g/mol. The predicted molar refractivity (Wildman–Crippen MR) is 70.1 cm³/mol. The molecule has 0 radical (unpaired) electrons. The van der Waals surface area contributed by atoms with Crippen molar-refractivity contribution in [2.45, 2.75) is 6.10 Å². The van der Waals surface area contributed by atoms with Crippen LogP contribution in [0.5, 0.6) is 5.75 Å². The molecule has 0 heterocycles. The summed E-state index contributed by atoms with van der Waals surface area (Å²) in [5.74, 6) is -0.621. The van der Waals surface area contributed by atoms with Crippen molar-refractivity contribution in [2.24, 2.45) is 5.73 Å². The summed E-state index contributed by atoms with van der Waals surface area (Å²) in [6, 6.07) is 10.7. The van der Waals surface area contributed by atoms with Gasteiger partial charge in [0, 0.05) is 22.3 Å². The van der Waals surface area contributed by atoms with Gasteiger partial charge in [-0.2, -0.15) is 0 Å². The van der Waals surface area contributed by atoms with Crippen molar-refractivity contribution in [3.8, 4) is 5.75 Å². The molecule has 2 aromatic carbocycles. The topological polar surface area (TPSA) is 72.5 Å². The Balaban J connectivity index is 2.45. The number of aliphatic carboxylic acids is 1. The van der Waals surface area contributed by atoms with Gasteiger partial charge in [0.25, 0.3) is 0 Å². The Morgan fingerprint density at radius 3 is 2.56 bits per heavy atom. The fraction of sp³-hybridized carbons (Fsp3) is 0.154. The minimum Gasteiger partial charge on any atom is -0.478 e. The molecule has 0 aliphatic heterocycles. The van der Waals surface area contributed by atoms with E-state index in [4.69, 9.17) is 27.2 Å². The predicted octanol–water partition coefficient (Wildman–Crippen LogP) is 2.28. The number of hydrogen-bond donors (Lipinski definition) is 2. The Hall–Kier alpha value is -1.78. The molecular weight excluding hydrogens is 254 g/mol. The maximum Gasteiger partial charge on any atom is 0.346 e. The van der Waals surface area contributed by atoms with Crippen molar-refractivity contribution >= 4 is 28.3 Å². The third-order valence-electron chi connectivity index (χ3n) is 2.59. The molecule has 2 rings (SSSR count). The van der Waals surface area contributed by atoms with Gasteiger partial charge in [-0.05, 0) is 12.1 Å². The second-order valence-electron chi connectivity index (χ2n) is 3.77. The van der Waals surface area contributed by atoms with E-state index in [0.29, 0.717) is 10.8 Å². The van der Waals surface area contributed by atoms with E-state index >= 15 is 0 Å². The van der Waals surface area contributed by atoms with Crippen molar-refractivity contribution in [1.82, 2.24) is 0 Å². The van der Waals surface area contributed by atoms with E-state index in [1.165, 1.54) is 0 Å². The van der Waals surface area contributed by atoms with Gasteiger partial charge in [-0.3, -0.25) is 0 Å². The van der Waals surface area contributed by atoms with E-state index in [-0.39, 0.29) is 6.54 Å². The number of nitrogens with two attached hydrogens (primary N) is 1. The number of halogens is 1. The van der Waals surface area contributed by atoms with E-state index in [0.717, 1.165) is 10.8 Å². The van der Waals surface area contributed by atoms with Crippen LogP contribution in [0.15, 0.2) is 36.4 Å². The summed E-state index contributed by atoms with van der Waals surface area (Å²) < 4.78 is 5.41. The molecule has 2 aromatic rings. The normalized spacial score (nSPS) is 12.3. The lowest BCUT2D eigenvalue weighted by atomic mass is 10.1. The van der Waals surface area contributed by atoms with Gasteiger partial charge in [-0.1, -0.05) is 35.9 Å². The van der Waals surface area contributed by atoms with Gasteiger partial charge in [0.1, 0.15) is 5.75 Å². The Morgan fingerprint density at radius 2 is 1.94 bits per heavy atom. The average Bonchev–Trinajstić information content (AvgIpc) is 2.38. The smallest absolute Gasteiger partial charge is 0.346 e. The monoisotopic (exact) mass is 265 g/mol. The molecule has 18 heavy (non-hydrogen) atoms. The van der Waals surface area contributed by atoms with Gasteiger partial charge in [0.15, 0.2) is 0 Å². The lowest BCUT2D eigenvalue weighted by molar-refractivity contribution is -0.144. The lowest BCUT2D eigenvalue weighted by Crippen LogP contribution is -2.34. The minimum atomic E-state index is -1.09. The summed E-state index contributed by atoms with van der Waals surface area (Å²) in [7, 11) is 0. The van der Waals surface area contributed by atoms with Gasteiger partial charge in [-0.25, -0.2) is 4.79 Å². The van der Waals surface area contributed by atoms with Gasteiger partial charge < -0.3 is 15.6 Å².